The van der Waals surface area contributed by atoms with Crippen LogP contribution in [0.3, 0.4) is 0 Å². The molecule has 1 aliphatic carbocycles. The molecule has 1 aliphatic rings. The van der Waals surface area contributed by atoms with E-state index < -0.39 is 0 Å². The molecule has 4 atom stereocenters. The molecule has 132 valence electrons. The molecule has 8 heteroatoms. The van der Waals surface area contributed by atoms with E-state index in [1.54, 1.807) is 22.7 Å². The summed E-state index contributed by atoms with van der Waals surface area (Å²) in [4.78, 5) is 8.74. The van der Waals surface area contributed by atoms with Crippen molar-refractivity contribution in [3.05, 3.63) is 23.2 Å². The molecule has 1 saturated carbocycles. The molecule has 2 aromatic heterocycles. The molecule has 24 heavy (non-hydrogen) atoms. The van der Waals surface area contributed by atoms with Crippen LogP contribution in [0, 0.1) is 17.8 Å². The maximum Gasteiger partial charge on any atom is 0.160 e. The molecule has 0 amide bonds. The fraction of sp³-hybridized carbons (Fsp3) is 0.625. The molecule has 0 radical (unpaired) electrons. The van der Waals surface area contributed by atoms with E-state index in [0.717, 1.165) is 23.0 Å². The van der Waals surface area contributed by atoms with Gasteiger partial charge in [0.25, 0.3) is 0 Å². The maximum absolute atomic E-state index is 4.39. The Morgan fingerprint density at radius 2 is 1.83 bits per heavy atom. The first kappa shape index (κ1) is 19.4. The van der Waals surface area contributed by atoms with Gasteiger partial charge in [0.1, 0.15) is 0 Å². The van der Waals surface area contributed by atoms with Gasteiger partial charge >= 0.3 is 0 Å². The molecule has 4 unspecified atom stereocenters. The van der Waals surface area contributed by atoms with Gasteiger partial charge in [-0.05, 0) is 58.6 Å². The Balaban J connectivity index is 1.43. The van der Waals surface area contributed by atoms with E-state index in [4.69, 9.17) is 0 Å². The third-order valence-electron chi connectivity index (χ3n) is 4.49. The fourth-order valence-corrected chi connectivity index (χ4v) is 10.3. The zero-order valence-corrected chi connectivity index (χ0v) is 18.7. The van der Waals surface area contributed by atoms with Gasteiger partial charge in [0.05, 0.1) is 0 Å². The summed E-state index contributed by atoms with van der Waals surface area (Å²) in [7, 11) is 7.73. The van der Waals surface area contributed by atoms with Crippen molar-refractivity contribution in [2.45, 2.75) is 47.0 Å². The van der Waals surface area contributed by atoms with E-state index in [1.807, 2.05) is 44.8 Å². The lowest BCUT2D eigenvalue weighted by molar-refractivity contribution is 0.245. The topological polar surface area (TPSA) is 25.8 Å². The molecular weight excluding hydrogens is 413 g/mol. The Bertz CT molecular complexity index is 573. The summed E-state index contributed by atoms with van der Waals surface area (Å²) >= 11 is 3.49. The van der Waals surface area contributed by atoms with Crippen LogP contribution < -0.4 is 0 Å². The molecular formula is C16H22N2S6. The second-order valence-electron chi connectivity index (χ2n) is 6.21. The molecule has 2 nitrogen and oxygen atoms in total. The summed E-state index contributed by atoms with van der Waals surface area (Å²) in [5.41, 5.74) is 0. The highest BCUT2D eigenvalue weighted by molar-refractivity contribution is 8.77. The van der Waals surface area contributed by atoms with Crippen LogP contribution in [-0.4, -0.2) is 21.0 Å². The van der Waals surface area contributed by atoms with E-state index in [-0.39, 0.29) is 0 Å². The molecule has 2 aromatic rings. The number of hydrogen-bond donors (Lipinski definition) is 0. The van der Waals surface area contributed by atoms with Gasteiger partial charge in [-0.15, -0.1) is 22.7 Å². The first-order valence-electron chi connectivity index (χ1n) is 8.14. The Hall–Kier alpha value is 0.660. The van der Waals surface area contributed by atoms with E-state index >= 15 is 0 Å². The van der Waals surface area contributed by atoms with Crippen molar-refractivity contribution in [2.75, 3.05) is 5.75 Å². The summed E-state index contributed by atoms with van der Waals surface area (Å²) < 4.78 is 2.37. The average molecular weight is 435 g/mol. The summed E-state index contributed by atoms with van der Waals surface area (Å²) in [6, 6.07) is 0. The zero-order chi connectivity index (χ0) is 16.8. The average Bonchev–Trinajstić information content (AvgIpc) is 3.27. The first-order chi connectivity index (χ1) is 11.7. The van der Waals surface area contributed by atoms with Gasteiger partial charge in [-0.1, -0.05) is 35.4 Å². The van der Waals surface area contributed by atoms with Crippen molar-refractivity contribution in [3.8, 4) is 0 Å². The smallest absolute Gasteiger partial charge is 0.160 e. The number of aromatic nitrogens is 2. The summed E-state index contributed by atoms with van der Waals surface area (Å²) in [6.45, 7) is 4.86. The van der Waals surface area contributed by atoms with Gasteiger partial charge in [-0.25, -0.2) is 9.97 Å². The van der Waals surface area contributed by atoms with Gasteiger partial charge < -0.3 is 0 Å². The molecule has 0 spiro atoms. The third-order valence-corrected chi connectivity index (χ3v) is 12.3. The predicted octanol–water partition coefficient (Wildman–Crippen LogP) is 7.22. The Morgan fingerprint density at radius 1 is 1.12 bits per heavy atom. The highest BCUT2D eigenvalue weighted by Crippen LogP contribution is 2.47. The number of nitrogens with zero attached hydrogens (tertiary/aromatic N) is 2. The van der Waals surface area contributed by atoms with Crippen LogP contribution in [-0.2, 0) is 0 Å². The zero-order valence-electron chi connectivity index (χ0n) is 13.8. The molecule has 0 bridgehead atoms. The largest absolute Gasteiger partial charge is 0.237 e. The van der Waals surface area contributed by atoms with Crippen LogP contribution in [0.5, 0.6) is 0 Å². The van der Waals surface area contributed by atoms with Crippen LogP contribution >= 0.6 is 65.8 Å². The van der Waals surface area contributed by atoms with Crippen molar-refractivity contribution in [1.29, 1.82) is 0 Å². The number of rotatable bonds is 8. The molecule has 0 N–H and O–H groups in total. The fourth-order valence-electron chi connectivity index (χ4n) is 2.90. The minimum Gasteiger partial charge on any atom is -0.237 e. The van der Waals surface area contributed by atoms with Gasteiger partial charge in [0, 0.05) is 34.2 Å². The second-order valence-corrected chi connectivity index (χ2v) is 13.3. The Labute approximate surface area is 168 Å². The van der Waals surface area contributed by atoms with Crippen LogP contribution in [0.25, 0.3) is 0 Å². The molecule has 0 aromatic carbocycles. The number of hydrogen-bond acceptors (Lipinski definition) is 8. The van der Waals surface area contributed by atoms with Gasteiger partial charge in [0.2, 0.25) is 0 Å². The van der Waals surface area contributed by atoms with Crippen LogP contribution in [0.4, 0.5) is 0 Å². The summed E-state index contributed by atoms with van der Waals surface area (Å²) in [6.07, 6.45) is 7.91. The van der Waals surface area contributed by atoms with E-state index in [0.29, 0.717) is 0 Å². The summed E-state index contributed by atoms with van der Waals surface area (Å²) in [5, 5.41) is 4.88. The predicted molar refractivity (Wildman–Crippen MR) is 115 cm³/mol. The van der Waals surface area contributed by atoms with Crippen LogP contribution in [0.1, 0.15) is 33.1 Å². The molecule has 1 fully saturated rings. The monoisotopic (exact) mass is 434 g/mol. The SMILES string of the molecule is CC(CSSc1nccs1)C1CCC(C)C(SSc2nccs2)C1. The van der Waals surface area contributed by atoms with Crippen molar-refractivity contribution in [1.82, 2.24) is 9.97 Å². The van der Waals surface area contributed by atoms with Crippen molar-refractivity contribution < 1.29 is 0 Å². The Morgan fingerprint density at radius 3 is 2.50 bits per heavy atom. The quantitative estimate of drug-likeness (QED) is 0.407. The van der Waals surface area contributed by atoms with Gasteiger partial charge in [0.15, 0.2) is 8.68 Å². The van der Waals surface area contributed by atoms with E-state index in [2.05, 4.69) is 45.4 Å². The first-order valence-corrected chi connectivity index (χ1v) is 14.4. The molecule has 3 rings (SSSR count). The lowest BCUT2D eigenvalue weighted by atomic mass is 9.77. The minimum absolute atomic E-state index is 0.761. The van der Waals surface area contributed by atoms with E-state index in [9.17, 15) is 0 Å². The highest BCUT2D eigenvalue weighted by atomic mass is 33.1. The molecule has 0 aliphatic heterocycles. The second kappa shape index (κ2) is 10.1. The third kappa shape index (κ3) is 5.84. The van der Waals surface area contributed by atoms with Crippen molar-refractivity contribution in [3.63, 3.8) is 0 Å². The van der Waals surface area contributed by atoms with E-state index in [1.165, 1.54) is 33.7 Å². The lowest BCUT2D eigenvalue weighted by Gasteiger charge is -2.36. The minimum atomic E-state index is 0.761. The van der Waals surface area contributed by atoms with Gasteiger partial charge in [-0.3, -0.25) is 0 Å². The lowest BCUT2D eigenvalue weighted by Crippen LogP contribution is -2.29. The number of thiazole rings is 2. The molecule has 2 heterocycles. The van der Waals surface area contributed by atoms with Crippen LogP contribution in [0.2, 0.25) is 0 Å². The standard InChI is InChI=1S/C16H22N2S6/c1-11-3-4-13(9-14(11)22-24-16-18-6-8-20-16)12(2)10-21-23-15-17-5-7-19-15/h5-8,11-14H,3-4,9-10H2,1-2H3. The van der Waals surface area contributed by atoms with Crippen molar-refractivity contribution in [2.24, 2.45) is 17.8 Å². The molecule has 0 saturated heterocycles. The van der Waals surface area contributed by atoms with Crippen molar-refractivity contribution >= 4 is 65.8 Å². The normalized spacial score (nSPS) is 25.7. The van der Waals surface area contributed by atoms with Gasteiger partial charge in [-0.2, -0.15) is 0 Å². The summed E-state index contributed by atoms with van der Waals surface area (Å²) in [5.74, 6) is 3.69. The van der Waals surface area contributed by atoms with Crippen LogP contribution in [0.15, 0.2) is 31.8 Å². The Kier molecular flexibility index (Phi) is 8.18. The highest BCUT2D eigenvalue weighted by Gasteiger charge is 2.31. The maximum atomic E-state index is 4.39.